The summed E-state index contributed by atoms with van der Waals surface area (Å²) in [6, 6.07) is 5.86. The fourth-order valence-electron chi connectivity index (χ4n) is 3.97. The molecule has 0 radical (unpaired) electrons. The molecule has 0 amide bonds. The van der Waals surface area contributed by atoms with E-state index in [0.717, 1.165) is 12.2 Å². The zero-order chi connectivity index (χ0) is 16.0. The van der Waals surface area contributed by atoms with Crippen LogP contribution in [0.3, 0.4) is 0 Å². The van der Waals surface area contributed by atoms with Crippen molar-refractivity contribution in [2.24, 2.45) is 11.8 Å². The number of carbonyl (C=O) groups is 2. The topological polar surface area (TPSA) is 46.6 Å². The lowest BCUT2D eigenvalue weighted by Gasteiger charge is -2.44. The Hall–Kier alpha value is -2.36. The van der Waals surface area contributed by atoms with Gasteiger partial charge in [0.1, 0.15) is 5.92 Å². The first-order valence-electron chi connectivity index (χ1n) is 8.14. The first-order valence-corrected chi connectivity index (χ1v) is 8.14. The van der Waals surface area contributed by atoms with Gasteiger partial charge in [0.25, 0.3) is 0 Å². The number of allylic oxidation sites excluding steroid dienone is 3. The van der Waals surface area contributed by atoms with Gasteiger partial charge in [-0.05, 0) is 18.6 Å². The Morgan fingerprint density at radius 1 is 1.26 bits per heavy atom. The summed E-state index contributed by atoms with van der Waals surface area (Å²) in [5, 5.41) is 0. The standard InChI is InChI=1S/C19H19NO3/c1-2-23-19(22)16-11-20-10-12-6-3-4-7-13(12)14-8-5-9-15(17(14)20)18(16)21/h3-9,12-13,16H,2,10-11H2,1H3. The van der Waals surface area contributed by atoms with Gasteiger partial charge in [0.05, 0.1) is 12.3 Å². The minimum atomic E-state index is -0.711. The summed E-state index contributed by atoms with van der Waals surface area (Å²) in [4.78, 5) is 27.1. The molecule has 0 saturated carbocycles. The highest BCUT2D eigenvalue weighted by Crippen LogP contribution is 2.45. The maximum Gasteiger partial charge on any atom is 0.318 e. The average Bonchev–Trinajstić information content (AvgIpc) is 2.58. The second-order valence-electron chi connectivity index (χ2n) is 6.28. The third kappa shape index (κ3) is 2.12. The summed E-state index contributed by atoms with van der Waals surface area (Å²) >= 11 is 0. The van der Waals surface area contributed by atoms with Crippen molar-refractivity contribution in [1.29, 1.82) is 0 Å². The van der Waals surface area contributed by atoms with E-state index in [1.165, 1.54) is 5.56 Å². The molecule has 2 aliphatic heterocycles. The van der Waals surface area contributed by atoms with Crippen LogP contribution in [0.2, 0.25) is 0 Å². The number of ether oxygens (including phenoxy) is 1. The number of rotatable bonds is 2. The molecule has 1 aliphatic carbocycles. The van der Waals surface area contributed by atoms with Crippen LogP contribution in [-0.4, -0.2) is 31.4 Å². The Kier molecular flexibility index (Phi) is 3.33. The van der Waals surface area contributed by atoms with Crippen LogP contribution in [0.25, 0.3) is 0 Å². The molecule has 118 valence electrons. The molecule has 3 atom stereocenters. The van der Waals surface area contributed by atoms with Gasteiger partial charge in [0.2, 0.25) is 0 Å². The molecule has 3 aliphatic rings. The smallest absolute Gasteiger partial charge is 0.318 e. The first-order chi connectivity index (χ1) is 11.2. The summed E-state index contributed by atoms with van der Waals surface area (Å²) in [7, 11) is 0. The number of hydrogen-bond acceptors (Lipinski definition) is 4. The van der Waals surface area contributed by atoms with Gasteiger partial charge in [-0.2, -0.15) is 0 Å². The predicted octanol–water partition coefficient (Wildman–Crippen LogP) is 2.71. The largest absolute Gasteiger partial charge is 0.465 e. The molecule has 0 N–H and O–H groups in total. The van der Waals surface area contributed by atoms with E-state index < -0.39 is 11.9 Å². The molecule has 0 fully saturated rings. The van der Waals surface area contributed by atoms with E-state index in [4.69, 9.17) is 4.74 Å². The number of esters is 1. The maximum absolute atomic E-state index is 12.8. The molecule has 4 rings (SSSR count). The lowest BCUT2D eigenvalue weighted by atomic mass is 9.75. The molecule has 2 heterocycles. The fraction of sp³-hybridized carbons (Fsp3) is 0.368. The number of hydrogen-bond donors (Lipinski definition) is 0. The van der Waals surface area contributed by atoms with E-state index in [0.29, 0.717) is 30.6 Å². The van der Waals surface area contributed by atoms with Gasteiger partial charge in [0.15, 0.2) is 5.78 Å². The number of benzene rings is 1. The molecule has 0 saturated heterocycles. The van der Waals surface area contributed by atoms with Crippen LogP contribution in [-0.2, 0) is 9.53 Å². The number of para-hydroxylation sites is 1. The molecule has 4 heteroatoms. The molecule has 1 aromatic rings. The Morgan fingerprint density at radius 2 is 2.09 bits per heavy atom. The average molecular weight is 309 g/mol. The van der Waals surface area contributed by atoms with Crippen LogP contribution >= 0.6 is 0 Å². The van der Waals surface area contributed by atoms with E-state index in [1.807, 2.05) is 12.1 Å². The highest BCUT2D eigenvalue weighted by molar-refractivity contribution is 6.14. The van der Waals surface area contributed by atoms with Crippen molar-refractivity contribution in [3.63, 3.8) is 0 Å². The lowest BCUT2D eigenvalue weighted by molar-refractivity contribution is -0.145. The monoisotopic (exact) mass is 309 g/mol. The second-order valence-corrected chi connectivity index (χ2v) is 6.28. The van der Waals surface area contributed by atoms with Crippen molar-refractivity contribution < 1.29 is 14.3 Å². The maximum atomic E-state index is 12.8. The molecule has 4 nitrogen and oxygen atoms in total. The third-order valence-corrected chi connectivity index (χ3v) is 4.98. The van der Waals surface area contributed by atoms with Crippen LogP contribution in [0.4, 0.5) is 5.69 Å². The zero-order valence-electron chi connectivity index (χ0n) is 13.1. The van der Waals surface area contributed by atoms with Crippen molar-refractivity contribution in [3.8, 4) is 0 Å². The van der Waals surface area contributed by atoms with Gasteiger partial charge in [-0.3, -0.25) is 9.59 Å². The lowest BCUT2D eigenvalue weighted by Crippen LogP contribution is -2.48. The van der Waals surface area contributed by atoms with Crippen molar-refractivity contribution in [2.45, 2.75) is 12.8 Å². The molecule has 1 aromatic carbocycles. The Labute approximate surface area is 135 Å². The summed E-state index contributed by atoms with van der Waals surface area (Å²) < 4.78 is 5.10. The van der Waals surface area contributed by atoms with Gasteiger partial charge >= 0.3 is 5.97 Å². The van der Waals surface area contributed by atoms with Gasteiger partial charge in [-0.1, -0.05) is 36.4 Å². The number of fused-ring (bicyclic) bond motifs is 2. The molecular formula is C19H19NO3. The van der Waals surface area contributed by atoms with E-state index in [9.17, 15) is 9.59 Å². The Bertz CT molecular complexity index is 734. The van der Waals surface area contributed by atoms with Gasteiger partial charge in [0, 0.05) is 30.5 Å². The van der Waals surface area contributed by atoms with Crippen molar-refractivity contribution in [3.05, 3.63) is 53.6 Å². The first kappa shape index (κ1) is 14.2. The molecule has 0 aromatic heterocycles. The molecule has 3 unspecified atom stereocenters. The minimum Gasteiger partial charge on any atom is -0.465 e. The van der Waals surface area contributed by atoms with E-state index >= 15 is 0 Å². The number of Topliss-reactive ketones (excluding diaryl/α,β-unsaturated/α-hetero) is 1. The molecular weight excluding hydrogens is 290 g/mol. The third-order valence-electron chi connectivity index (χ3n) is 4.98. The highest BCUT2D eigenvalue weighted by Gasteiger charge is 2.43. The second kappa shape index (κ2) is 5.37. The number of anilines is 1. The number of nitrogens with zero attached hydrogens (tertiary/aromatic N) is 1. The van der Waals surface area contributed by atoms with Crippen LogP contribution in [0.5, 0.6) is 0 Å². The highest BCUT2D eigenvalue weighted by atomic mass is 16.5. The normalized spacial score (nSPS) is 27.4. The number of ketones is 1. The fourth-order valence-corrected chi connectivity index (χ4v) is 3.97. The molecule has 0 spiro atoms. The van der Waals surface area contributed by atoms with E-state index in [1.54, 1.807) is 6.92 Å². The predicted molar refractivity (Wildman–Crippen MR) is 87.6 cm³/mol. The van der Waals surface area contributed by atoms with Gasteiger partial charge < -0.3 is 9.64 Å². The Balaban J connectivity index is 1.80. The SMILES string of the molecule is CCOC(=O)C1CN2CC3C=CC=CC3c3cccc(c32)C1=O. The van der Waals surface area contributed by atoms with Crippen LogP contribution in [0.1, 0.15) is 28.8 Å². The Morgan fingerprint density at radius 3 is 2.91 bits per heavy atom. The van der Waals surface area contributed by atoms with E-state index in [-0.39, 0.29) is 5.78 Å². The molecule has 0 bridgehead atoms. The molecule has 23 heavy (non-hydrogen) atoms. The number of carbonyl (C=O) groups excluding carboxylic acids is 2. The van der Waals surface area contributed by atoms with Gasteiger partial charge in [-0.25, -0.2) is 0 Å². The van der Waals surface area contributed by atoms with Crippen LogP contribution in [0.15, 0.2) is 42.5 Å². The summed E-state index contributed by atoms with van der Waals surface area (Å²) in [5.41, 5.74) is 2.86. The zero-order valence-corrected chi connectivity index (χ0v) is 13.1. The van der Waals surface area contributed by atoms with E-state index in [2.05, 4.69) is 35.3 Å². The quantitative estimate of drug-likeness (QED) is 0.622. The summed E-state index contributed by atoms with van der Waals surface area (Å²) in [6.07, 6.45) is 8.58. The van der Waals surface area contributed by atoms with Crippen molar-refractivity contribution in [1.82, 2.24) is 0 Å². The van der Waals surface area contributed by atoms with Crippen LogP contribution in [0, 0.1) is 11.8 Å². The van der Waals surface area contributed by atoms with Crippen molar-refractivity contribution >= 4 is 17.4 Å². The van der Waals surface area contributed by atoms with Gasteiger partial charge in [-0.15, -0.1) is 0 Å². The van der Waals surface area contributed by atoms with Crippen LogP contribution < -0.4 is 4.90 Å². The summed E-state index contributed by atoms with van der Waals surface area (Å²) in [6.45, 7) is 3.32. The summed E-state index contributed by atoms with van der Waals surface area (Å²) in [5.74, 6) is -0.519. The minimum absolute atomic E-state index is 0.106. The van der Waals surface area contributed by atoms with Crippen molar-refractivity contribution in [2.75, 3.05) is 24.6 Å².